The molecule has 1 fully saturated rings. The van der Waals surface area contributed by atoms with Crippen LogP contribution in [0.1, 0.15) is 75.1 Å². The molecule has 5 rings (SSSR count). The molecule has 0 radical (unpaired) electrons. The zero-order chi connectivity index (χ0) is 35.7. The van der Waals surface area contributed by atoms with E-state index in [9.17, 15) is 22.8 Å². The summed E-state index contributed by atoms with van der Waals surface area (Å²) in [6, 6.07) is 23.7. The quantitative estimate of drug-likeness (QED) is 0.180. The van der Waals surface area contributed by atoms with Crippen LogP contribution in [0.4, 0.5) is 28.4 Å². The van der Waals surface area contributed by atoms with Crippen molar-refractivity contribution in [3.8, 4) is 11.1 Å². The van der Waals surface area contributed by atoms with Crippen LogP contribution in [0.15, 0.2) is 97.3 Å². The summed E-state index contributed by atoms with van der Waals surface area (Å²) >= 11 is 0. The number of nitrogens with one attached hydrogen (secondary N) is 1. The number of para-hydroxylation sites is 1. The van der Waals surface area contributed by atoms with Gasteiger partial charge in [0.1, 0.15) is 5.60 Å². The fraction of sp³-hybridized carbons (Fsp3) is 0.375. The molecular weight excluding hydrogens is 641 g/mol. The Hall–Kier alpha value is -4.86. The Kier molecular flexibility index (Phi) is 11.8. The summed E-state index contributed by atoms with van der Waals surface area (Å²) in [6.07, 6.45) is 4.26. The molecule has 1 aromatic heterocycles. The van der Waals surface area contributed by atoms with Crippen molar-refractivity contribution >= 4 is 17.8 Å². The maximum absolute atomic E-state index is 13.6. The van der Waals surface area contributed by atoms with Crippen LogP contribution < -0.4 is 5.32 Å². The molecule has 0 saturated heterocycles. The number of benzene rings is 3. The van der Waals surface area contributed by atoms with Gasteiger partial charge in [0.05, 0.1) is 11.3 Å². The molecule has 0 atom stereocenters. The maximum atomic E-state index is 13.6. The van der Waals surface area contributed by atoms with Crippen molar-refractivity contribution in [2.45, 2.75) is 84.3 Å². The lowest BCUT2D eigenvalue weighted by atomic mass is 9.89. The number of carbonyl (C=O) groups is 2. The molecule has 0 aliphatic heterocycles. The largest absolute Gasteiger partial charge is 0.444 e. The van der Waals surface area contributed by atoms with Crippen LogP contribution in [0, 0.1) is 5.92 Å². The van der Waals surface area contributed by atoms with Crippen LogP contribution in [-0.2, 0) is 30.5 Å². The van der Waals surface area contributed by atoms with Crippen LogP contribution >= 0.6 is 0 Å². The molecule has 1 saturated carbocycles. The van der Waals surface area contributed by atoms with Crippen LogP contribution in [0.25, 0.3) is 11.1 Å². The van der Waals surface area contributed by atoms with Gasteiger partial charge in [-0.25, -0.2) is 9.59 Å². The predicted molar refractivity (Wildman–Crippen MR) is 189 cm³/mol. The number of urea groups is 1. The van der Waals surface area contributed by atoms with Crippen molar-refractivity contribution in [1.82, 2.24) is 14.8 Å². The summed E-state index contributed by atoms with van der Waals surface area (Å²) in [5.41, 5.74) is 2.73. The van der Waals surface area contributed by atoms with Gasteiger partial charge >= 0.3 is 18.3 Å². The number of aromatic nitrogens is 1. The van der Waals surface area contributed by atoms with E-state index in [1.54, 1.807) is 18.5 Å². The lowest BCUT2D eigenvalue weighted by Gasteiger charge is -2.32. The Bertz CT molecular complexity index is 1700. The molecule has 1 aliphatic carbocycles. The summed E-state index contributed by atoms with van der Waals surface area (Å²) in [7, 11) is 0. The number of nitrogens with zero attached hydrogens (tertiary/aromatic N) is 3. The highest BCUT2D eigenvalue weighted by Crippen LogP contribution is 2.35. The SMILES string of the molecule is CC(C)(C)OC(=O)N(Cc1ccc(-c2ccc(CN(Cc3cccnc3)C(=O)Nc3ccccc3C(F)(F)F)cc2)cc1)CC1CCCCC1. The van der Waals surface area contributed by atoms with Crippen LogP contribution in [0.3, 0.4) is 0 Å². The Labute approximate surface area is 292 Å². The second-order valence-electron chi connectivity index (χ2n) is 13.9. The minimum absolute atomic E-state index is 0.151. The number of halogens is 3. The van der Waals surface area contributed by atoms with Crippen LogP contribution in [0.5, 0.6) is 0 Å². The van der Waals surface area contributed by atoms with Gasteiger partial charge in [-0.3, -0.25) is 4.98 Å². The number of alkyl halides is 3. The first-order valence-corrected chi connectivity index (χ1v) is 17.1. The molecule has 7 nitrogen and oxygen atoms in total. The van der Waals surface area contributed by atoms with Crippen molar-refractivity contribution in [2.24, 2.45) is 5.92 Å². The number of anilines is 1. The third kappa shape index (κ3) is 10.6. The first kappa shape index (κ1) is 36.4. The van der Waals surface area contributed by atoms with Gasteiger partial charge in [-0.2, -0.15) is 13.2 Å². The number of hydrogen-bond donors (Lipinski definition) is 1. The zero-order valence-electron chi connectivity index (χ0n) is 28.9. The Morgan fingerprint density at radius 1 is 0.760 bits per heavy atom. The third-order valence-corrected chi connectivity index (χ3v) is 8.70. The van der Waals surface area contributed by atoms with E-state index in [1.807, 2.05) is 80.3 Å². The number of pyridine rings is 1. The normalized spacial score (nSPS) is 13.8. The van der Waals surface area contributed by atoms with E-state index in [0.717, 1.165) is 46.7 Å². The van der Waals surface area contributed by atoms with E-state index in [1.165, 1.54) is 42.4 Å². The highest BCUT2D eigenvalue weighted by molar-refractivity contribution is 5.90. The molecule has 0 bridgehead atoms. The number of rotatable bonds is 10. The van der Waals surface area contributed by atoms with Crippen molar-refractivity contribution in [3.63, 3.8) is 0 Å². The van der Waals surface area contributed by atoms with Gasteiger partial charge in [0.15, 0.2) is 0 Å². The molecule has 1 N–H and O–H groups in total. The Morgan fingerprint density at radius 3 is 1.90 bits per heavy atom. The van der Waals surface area contributed by atoms with E-state index in [4.69, 9.17) is 4.74 Å². The summed E-state index contributed by atoms with van der Waals surface area (Å²) in [5.74, 6) is 0.483. The van der Waals surface area contributed by atoms with Gasteiger partial charge in [-0.05, 0) is 85.5 Å². The topological polar surface area (TPSA) is 74.8 Å². The lowest BCUT2D eigenvalue weighted by Crippen LogP contribution is -2.39. The molecule has 1 heterocycles. The van der Waals surface area contributed by atoms with E-state index in [-0.39, 0.29) is 24.9 Å². The first-order valence-electron chi connectivity index (χ1n) is 17.1. The maximum Gasteiger partial charge on any atom is 0.418 e. The van der Waals surface area contributed by atoms with E-state index < -0.39 is 23.4 Å². The smallest absolute Gasteiger partial charge is 0.418 e. The molecule has 3 amide bonds. The fourth-order valence-electron chi connectivity index (χ4n) is 6.20. The van der Waals surface area contributed by atoms with Crippen LogP contribution in [0.2, 0.25) is 0 Å². The monoisotopic (exact) mass is 686 g/mol. The second kappa shape index (κ2) is 16.2. The van der Waals surface area contributed by atoms with Crippen molar-refractivity contribution < 1.29 is 27.5 Å². The highest BCUT2D eigenvalue weighted by Gasteiger charge is 2.34. The number of carbonyl (C=O) groups excluding carboxylic acids is 2. The standard InChI is InChI=1S/C40H45F3N4O3/c1-39(2,3)50-38(49)47(26-29-10-5-4-6-11-29)27-31-17-21-34(22-18-31)33-19-15-30(16-20-33)25-46(28-32-12-9-23-44-24-32)37(48)45-36-14-8-7-13-35(36)40(41,42)43/h7-9,12-24,29H,4-6,10-11,25-28H2,1-3H3,(H,45,48). The molecule has 1 aliphatic rings. The molecule has 3 aromatic carbocycles. The fourth-order valence-corrected chi connectivity index (χ4v) is 6.20. The van der Waals surface area contributed by atoms with Gasteiger partial charge in [0.25, 0.3) is 0 Å². The van der Waals surface area contributed by atoms with E-state index in [0.29, 0.717) is 19.0 Å². The predicted octanol–water partition coefficient (Wildman–Crippen LogP) is 10.3. The minimum Gasteiger partial charge on any atom is -0.444 e. The average molecular weight is 687 g/mol. The lowest BCUT2D eigenvalue weighted by molar-refractivity contribution is -0.136. The zero-order valence-corrected chi connectivity index (χ0v) is 28.9. The van der Waals surface area contributed by atoms with E-state index in [2.05, 4.69) is 10.3 Å². The number of ether oxygens (including phenoxy) is 1. The van der Waals surface area contributed by atoms with Gasteiger partial charge in [0, 0.05) is 38.6 Å². The summed E-state index contributed by atoms with van der Waals surface area (Å²) in [5, 5.41) is 2.47. The third-order valence-electron chi connectivity index (χ3n) is 8.70. The highest BCUT2D eigenvalue weighted by atomic mass is 19.4. The summed E-state index contributed by atoms with van der Waals surface area (Å²) < 4.78 is 46.6. The number of amides is 3. The molecule has 0 unspecified atom stereocenters. The van der Waals surface area contributed by atoms with Crippen LogP contribution in [-0.4, -0.2) is 39.1 Å². The van der Waals surface area contributed by atoms with Crippen molar-refractivity contribution in [3.05, 3.63) is 120 Å². The summed E-state index contributed by atoms with van der Waals surface area (Å²) in [6.45, 7) is 7.11. The second-order valence-corrected chi connectivity index (χ2v) is 13.9. The Balaban J connectivity index is 1.28. The van der Waals surface area contributed by atoms with Gasteiger partial charge < -0.3 is 19.9 Å². The van der Waals surface area contributed by atoms with Gasteiger partial charge in [-0.1, -0.05) is 86.0 Å². The Morgan fingerprint density at radius 2 is 1.34 bits per heavy atom. The molecular formula is C40H45F3N4O3. The van der Waals surface area contributed by atoms with E-state index >= 15 is 0 Å². The van der Waals surface area contributed by atoms with Gasteiger partial charge in [-0.15, -0.1) is 0 Å². The van der Waals surface area contributed by atoms with Crippen molar-refractivity contribution in [2.75, 3.05) is 11.9 Å². The molecule has 50 heavy (non-hydrogen) atoms. The average Bonchev–Trinajstić information content (AvgIpc) is 3.08. The molecule has 264 valence electrons. The molecule has 4 aromatic rings. The minimum atomic E-state index is -4.61. The van der Waals surface area contributed by atoms with Crippen molar-refractivity contribution in [1.29, 1.82) is 0 Å². The molecule has 10 heteroatoms. The summed E-state index contributed by atoms with van der Waals surface area (Å²) in [4.78, 5) is 34.0. The molecule has 0 spiro atoms. The number of hydrogen-bond acceptors (Lipinski definition) is 4. The first-order chi connectivity index (χ1) is 23.8. The van der Waals surface area contributed by atoms with Gasteiger partial charge in [0.2, 0.25) is 0 Å².